The number of nitrogens with one attached hydrogen (secondary N) is 1. The van der Waals surface area contributed by atoms with Crippen LogP contribution in [0.25, 0.3) is 5.65 Å². The van der Waals surface area contributed by atoms with Gasteiger partial charge in [-0.2, -0.15) is 0 Å². The summed E-state index contributed by atoms with van der Waals surface area (Å²) in [6.45, 7) is 0.293. The van der Waals surface area contributed by atoms with Crippen LogP contribution in [0.5, 0.6) is 0 Å². The standard InChI is InChI=1S/C15H12FN3O/c16-12-5-1-2-6-13(12)17-10-11-9-15(20)19-8-4-3-7-14(19)18-11/h1-9,17H,10H2. The molecule has 3 aromatic rings. The van der Waals surface area contributed by atoms with E-state index in [-0.39, 0.29) is 11.4 Å². The molecule has 1 aromatic carbocycles. The minimum atomic E-state index is -0.329. The molecule has 0 amide bonds. The second-order valence-electron chi connectivity index (χ2n) is 4.35. The van der Waals surface area contributed by atoms with E-state index in [1.807, 2.05) is 6.07 Å². The first-order valence-corrected chi connectivity index (χ1v) is 6.20. The van der Waals surface area contributed by atoms with Gasteiger partial charge < -0.3 is 5.32 Å². The van der Waals surface area contributed by atoms with Gasteiger partial charge in [-0.05, 0) is 24.3 Å². The van der Waals surface area contributed by atoms with Crippen LogP contribution in [-0.4, -0.2) is 9.38 Å². The summed E-state index contributed by atoms with van der Waals surface area (Å²) in [6.07, 6.45) is 1.67. The van der Waals surface area contributed by atoms with E-state index in [0.717, 1.165) is 0 Å². The molecular formula is C15H12FN3O. The molecule has 0 bridgehead atoms. The van der Waals surface area contributed by atoms with Crippen LogP contribution in [0.3, 0.4) is 0 Å². The fourth-order valence-corrected chi connectivity index (χ4v) is 1.98. The highest BCUT2D eigenvalue weighted by atomic mass is 19.1. The zero-order chi connectivity index (χ0) is 13.9. The Morgan fingerprint density at radius 1 is 1.15 bits per heavy atom. The molecule has 0 aliphatic carbocycles. The predicted molar refractivity (Wildman–Crippen MR) is 75.2 cm³/mol. The van der Waals surface area contributed by atoms with Crippen LogP contribution < -0.4 is 10.9 Å². The molecule has 0 saturated heterocycles. The van der Waals surface area contributed by atoms with Crippen molar-refractivity contribution in [3.8, 4) is 0 Å². The lowest BCUT2D eigenvalue weighted by molar-refractivity contribution is 0.630. The third kappa shape index (κ3) is 2.38. The molecule has 0 fully saturated rings. The van der Waals surface area contributed by atoms with Gasteiger partial charge in [0, 0.05) is 12.3 Å². The Labute approximate surface area is 114 Å². The smallest absolute Gasteiger partial charge is 0.258 e. The number of nitrogens with zero attached hydrogens (tertiary/aromatic N) is 2. The monoisotopic (exact) mass is 269 g/mol. The number of benzene rings is 1. The second-order valence-corrected chi connectivity index (χ2v) is 4.35. The third-order valence-electron chi connectivity index (χ3n) is 2.96. The first-order chi connectivity index (χ1) is 9.74. The average Bonchev–Trinajstić information content (AvgIpc) is 2.46. The Hall–Kier alpha value is -2.69. The van der Waals surface area contributed by atoms with Crippen LogP contribution in [0.4, 0.5) is 10.1 Å². The second kappa shape index (κ2) is 5.13. The molecule has 0 aliphatic rings. The fourth-order valence-electron chi connectivity index (χ4n) is 1.98. The van der Waals surface area contributed by atoms with E-state index in [4.69, 9.17) is 0 Å². The topological polar surface area (TPSA) is 46.4 Å². The van der Waals surface area contributed by atoms with Crippen LogP contribution in [-0.2, 0) is 6.54 Å². The van der Waals surface area contributed by atoms with Crippen molar-refractivity contribution in [2.24, 2.45) is 0 Å². The van der Waals surface area contributed by atoms with Crippen LogP contribution in [0.15, 0.2) is 59.5 Å². The lowest BCUT2D eigenvalue weighted by Gasteiger charge is -2.07. The number of anilines is 1. The van der Waals surface area contributed by atoms with Crippen molar-refractivity contribution < 1.29 is 4.39 Å². The van der Waals surface area contributed by atoms with Crippen molar-refractivity contribution in [2.45, 2.75) is 6.54 Å². The number of para-hydroxylation sites is 1. The summed E-state index contributed by atoms with van der Waals surface area (Å²) in [7, 11) is 0. The maximum Gasteiger partial charge on any atom is 0.258 e. The van der Waals surface area contributed by atoms with Crippen molar-refractivity contribution >= 4 is 11.3 Å². The normalized spacial score (nSPS) is 10.7. The van der Waals surface area contributed by atoms with Gasteiger partial charge in [-0.25, -0.2) is 9.37 Å². The molecule has 2 heterocycles. The first kappa shape index (κ1) is 12.3. The van der Waals surface area contributed by atoms with Crippen molar-refractivity contribution in [1.29, 1.82) is 0 Å². The van der Waals surface area contributed by atoms with E-state index >= 15 is 0 Å². The maximum absolute atomic E-state index is 13.5. The minimum Gasteiger partial charge on any atom is -0.377 e. The molecule has 4 nitrogen and oxygen atoms in total. The molecule has 0 spiro atoms. The summed E-state index contributed by atoms with van der Waals surface area (Å²) in [5, 5.41) is 2.94. The van der Waals surface area contributed by atoms with E-state index in [1.54, 1.807) is 36.5 Å². The molecule has 100 valence electrons. The van der Waals surface area contributed by atoms with Gasteiger partial charge >= 0.3 is 0 Å². The van der Waals surface area contributed by atoms with E-state index in [2.05, 4.69) is 10.3 Å². The fraction of sp³-hybridized carbons (Fsp3) is 0.0667. The summed E-state index contributed by atoms with van der Waals surface area (Å²) in [4.78, 5) is 16.3. The lowest BCUT2D eigenvalue weighted by atomic mass is 10.3. The van der Waals surface area contributed by atoms with E-state index in [0.29, 0.717) is 23.6 Å². The molecular weight excluding hydrogens is 257 g/mol. The van der Waals surface area contributed by atoms with Crippen molar-refractivity contribution in [1.82, 2.24) is 9.38 Å². The molecule has 2 aromatic heterocycles. The zero-order valence-electron chi connectivity index (χ0n) is 10.6. The van der Waals surface area contributed by atoms with Gasteiger partial charge in [0.25, 0.3) is 5.56 Å². The molecule has 0 aliphatic heterocycles. The quantitative estimate of drug-likeness (QED) is 0.794. The van der Waals surface area contributed by atoms with Crippen LogP contribution in [0.2, 0.25) is 0 Å². The number of fused-ring (bicyclic) bond motifs is 1. The van der Waals surface area contributed by atoms with Gasteiger partial charge in [0.1, 0.15) is 11.5 Å². The SMILES string of the molecule is O=c1cc(CNc2ccccc2F)nc2ccccn12. The van der Waals surface area contributed by atoms with Gasteiger partial charge in [-0.3, -0.25) is 9.20 Å². The van der Waals surface area contributed by atoms with Gasteiger partial charge in [0.2, 0.25) is 0 Å². The highest BCUT2D eigenvalue weighted by Crippen LogP contribution is 2.13. The lowest BCUT2D eigenvalue weighted by Crippen LogP contribution is -2.16. The molecule has 0 atom stereocenters. The number of rotatable bonds is 3. The van der Waals surface area contributed by atoms with Crippen molar-refractivity contribution in [3.63, 3.8) is 0 Å². The largest absolute Gasteiger partial charge is 0.377 e. The summed E-state index contributed by atoms with van der Waals surface area (Å²) in [5.41, 5.74) is 1.39. The third-order valence-corrected chi connectivity index (χ3v) is 2.96. The van der Waals surface area contributed by atoms with Gasteiger partial charge in [0.05, 0.1) is 17.9 Å². The molecule has 0 radical (unpaired) electrons. The van der Waals surface area contributed by atoms with E-state index in [9.17, 15) is 9.18 Å². The summed E-state index contributed by atoms with van der Waals surface area (Å²) < 4.78 is 14.9. The molecule has 5 heteroatoms. The molecule has 0 unspecified atom stereocenters. The summed E-state index contributed by atoms with van der Waals surface area (Å²) in [6, 6.07) is 13.2. The number of pyridine rings is 1. The highest BCUT2D eigenvalue weighted by molar-refractivity contribution is 5.45. The molecule has 1 N–H and O–H groups in total. The predicted octanol–water partition coefficient (Wildman–Crippen LogP) is 2.45. The molecule has 0 saturated carbocycles. The van der Waals surface area contributed by atoms with Crippen molar-refractivity contribution in [2.75, 3.05) is 5.32 Å². The average molecular weight is 269 g/mol. The van der Waals surface area contributed by atoms with Crippen LogP contribution in [0.1, 0.15) is 5.69 Å². The molecule has 3 rings (SSSR count). The number of aromatic nitrogens is 2. The summed E-state index contributed by atoms with van der Waals surface area (Å²) in [5.74, 6) is -0.329. The first-order valence-electron chi connectivity index (χ1n) is 6.20. The number of hydrogen-bond acceptors (Lipinski definition) is 3. The highest BCUT2D eigenvalue weighted by Gasteiger charge is 2.03. The van der Waals surface area contributed by atoms with Gasteiger partial charge in [-0.1, -0.05) is 18.2 Å². The Balaban J connectivity index is 1.88. The summed E-state index contributed by atoms with van der Waals surface area (Å²) >= 11 is 0. The Bertz CT molecular complexity index is 813. The molecule has 20 heavy (non-hydrogen) atoms. The van der Waals surface area contributed by atoms with E-state index < -0.39 is 0 Å². The van der Waals surface area contributed by atoms with E-state index in [1.165, 1.54) is 16.5 Å². The Morgan fingerprint density at radius 3 is 2.80 bits per heavy atom. The van der Waals surface area contributed by atoms with Crippen LogP contribution in [0, 0.1) is 5.82 Å². The Kier molecular flexibility index (Phi) is 3.16. The minimum absolute atomic E-state index is 0.152. The van der Waals surface area contributed by atoms with Crippen molar-refractivity contribution in [3.05, 3.63) is 76.6 Å². The Morgan fingerprint density at radius 2 is 1.95 bits per heavy atom. The van der Waals surface area contributed by atoms with Gasteiger partial charge in [0.15, 0.2) is 0 Å². The maximum atomic E-state index is 13.5. The van der Waals surface area contributed by atoms with Gasteiger partial charge in [-0.15, -0.1) is 0 Å². The number of hydrogen-bond donors (Lipinski definition) is 1. The zero-order valence-corrected chi connectivity index (χ0v) is 10.6. The number of halogens is 1. The van der Waals surface area contributed by atoms with Crippen LogP contribution >= 0.6 is 0 Å².